The summed E-state index contributed by atoms with van der Waals surface area (Å²) in [5.74, 6) is -0.375. The van der Waals surface area contributed by atoms with E-state index in [-0.39, 0.29) is 30.2 Å². The summed E-state index contributed by atoms with van der Waals surface area (Å²) in [7, 11) is -2.30. The standard InChI is InChI=1S/C23H23NO6S/c1-30-21-10-4-18(5-11-21)15-24(14-17-2-8-20(9-3-17)23(26)27)31(28,29)22-12-6-19(16-25)7-13-22/h2-13,25H,14-16H2,1H3,(H,26,27). The van der Waals surface area contributed by atoms with Crippen LogP contribution in [0.4, 0.5) is 0 Å². The third-order valence-electron chi connectivity index (χ3n) is 4.82. The van der Waals surface area contributed by atoms with Crippen molar-refractivity contribution in [3.63, 3.8) is 0 Å². The molecule has 3 rings (SSSR count). The van der Waals surface area contributed by atoms with E-state index in [2.05, 4.69) is 0 Å². The molecule has 0 atom stereocenters. The number of aliphatic hydroxyl groups excluding tert-OH is 1. The molecule has 0 fully saturated rings. The summed E-state index contributed by atoms with van der Waals surface area (Å²) in [5.41, 5.74) is 2.19. The summed E-state index contributed by atoms with van der Waals surface area (Å²) < 4.78 is 33.3. The molecule has 7 nitrogen and oxygen atoms in total. The van der Waals surface area contributed by atoms with Crippen LogP contribution >= 0.6 is 0 Å². The molecule has 3 aromatic rings. The van der Waals surface area contributed by atoms with Crippen molar-refractivity contribution in [1.82, 2.24) is 4.31 Å². The van der Waals surface area contributed by atoms with Crippen LogP contribution < -0.4 is 4.74 Å². The molecule has 0 aliphatic heterocycles. The van der Waals surface area contributed by atoms with Gasteiger partial charge in [0.05, 0.1) is 24.2 Å². The molecule has 2 N–H and O–H groups in total. The van der Waals surface area contributed by atoms with Gasteiger partial charge >= 0.3 is 5.97 Å². The molecule has 0 spiro atoms. The fourth-order valence-electron chi connectivity index (χ4n) is 3.03. The summed E-state index contributed by atoms with van der Waals surface area (Å²) in [5, 5.41) is 18.3. The lowest BCUT2D eigenvalue weighted by atomic mass is 10.1. The second-order valence-corrected chi connectivity index (χ2v) is 8.86. The van der Waals surface area contributed by atoms with Gasteiger partial charge in [-0.15, -0.1) is 0 Å². The Hall–Kier alpha value is -3.20. The van der Waals surface area contributed by atoms with Crippen LogP contribution in [-0.4, -0.2) is 36.0 Å². The van der Waals surface area contributed by atoms with Crippen LogP contribution in [0, 0.1) is 0 Å². The molecule has 31 heavy (non-hydrogen) atoms. The molecule has 0 amide bonds. The van der Waals surface area contributed by atoms with Crippen LogP contribution in [0.1, 0.15) is 27.0 Å². The van der Waals surface area contributed by atoms with E-state index >= 15 is 0 Å². The number of aliphatic hydroxyl groups is 1. The van der Waals surface area contributed by atoms with Gasteiger partial charge in [-0.3, -0.25) is 0 Å². The van der Waals surface area contributed by atoms with Gasteiger partial charge in [0.25, 0.3) is 0 Å². The second-order valence-electron chi connectivity index (χ2n) is 6.93. The molecule has 0 bridgehead atoms. The largest absolute Gasteiger partial charge is 0.497 e. The molecular formula is C23H23NO6S. The van der Waals surface area contributed by atoms with Gasteiger partial charge < -0.3 is 14.9 Å². The van der Waals surface area contributed by atoms with Gasteiger partial charge in [-0.25, -0.2) is 13.2 Å². The smallest absolute Gasteiger partial charge is 0.335 e. The number of ether oxygens (including phenoxy) is 1. The van der Waals surface area contributed by atoms with Crippen LogP contribution in [0.2, 0.25) is 0 Å². The third kappa shape index (κ3) is 5.49. The maximum Gasteiger partial charge on any atom is 0.335 e. The quantitative estimate of drug-likeness (QED) is 0.528. The molecule has 0 unspecified atom stereocenters. The minimum absolute atomic E-state index is 0.0655. The highest BCUT2D eigenvalue weighted by atomic mass is 32.2. The van der Waals surface area contributed by atoms with Crippen molar-refractivity contribution in [2.45, 2.75) is 24.6 Å². The number of hydrogen-bond donors (Lipinski definition) is 2. The minimum Gasteiger partial charge on any atom is -0.497 e. The number of hydrogen-bond acceptors (Lipinski definition) is 5. The Balaban J connectivity index is 1.94. The summed E-state index contributed by atoms with van der Waals surface area (Å²) in [6, 6.07) is 19.3. The van der Waals surface area contributed by atoms with Crippen molar-refractivity contribution >= 4 is 16.0 Å². The van der Waals surface area contributed by atoms with Gasteiger partial charge in [-0.1, -0.05) is 36.4 Å². The predicted molar refractivity (Wildman–Crippen MR) is 115 cm³/mol. The zero-order chi connectivity index (χ0) is 22.4. The lowest BCUT2D eigenvalue weighted by molar-refractivity contribution is 0.0697. The topological polar surface area (TPSA) is 104 Å². The Morgan fingerprint density at radius 1 is 0.839 bits per heavy atom. The summed E-state index contributed by atoms with van der Waals surface area (Å²) in [6.07, 6.45) is 0. The maximum atomic E-state index is 13.4. The van der Waals surface area contributed by atoms with Gasteiger partial charge in [0.1, 0.15) is 5.75 Å². The van der Waals surface area contributed by atoms with Crippen LogP contribution in [0.5, 0.6) is 5.75 Å². The third-order valence-corrected chi connectivity index (χ3v) is 6.63. The molecule has 0 radical (unpaired) electrons. The molecule has 8 heteroatoms. The van der Waals surface area contributed by atoms with Gasteiger partial charge in [0.15, 0.2) is 0 Å². The second kappa shape index (κ2) is 9.74. The Morgan fingerprint density at radius 2 is 1.32 bits per heavy atom. The first-order chi connectivity index (χ1) is 14.8. The van der Waals surface area contributed by atoms with Crippen molar-refractivity contribution in [3.8, 4) is 5.75 Å². The fraction of sp³-hybridized carbons (Fsp3) is 0.174. The van der Waals surface area contributed by atoms with E-state index in [0.29, 0.717) is 16.9 Å². The highest BCUT2D eigenvalue weighted by Gasteiger charge is 2.25. The molecule has 0 aliphatic rings. The van der Waals surface area contributed by atoms with Crippen molar-refractivity contribution in [3.05, 3.63) is 95.1 Å². The van der Waals surface area contributed by atoms with E-state index < -0.39 is 16.0 Å². The maximum absolute atomic E-state index is 13.4. The van der Waals surface area contributed by atoms with Crippen LogP contribution in [0.25, 0.3) is 0 Å². The van der Waals surface area contributed by atoms with E-state index in [0.717, 1.165) is 5.56 Å². The van der Waals surface area contributed by atoms with Crippen LogP contribution in [-0.2, 0) is 29.7 Å². The number of benzene rings is 3. The molecule has 162 valence electrons. The van der Waals surface area contributed by atoms with E-state index in [9.17, 15) is 18.3 Å². The number of carboxylic acid groups (broad SMARTS) is 1. The highest BCUT2D eigenvalue weighted by molar-refractivity contribution is 7.89. The SMILES string of the molecule is COc1ccc(CN(Cc2ccc(C(=O)O)cc2)S(=O)(=O)c2ccc(CO)cc2)cc1. The molecule has 0 heterocycles. The Bertz CT molecular complexity index is 1120. The average molecular weight is 442 g/mol. The first-order valence-corrected chi connectivity index (χ1v) is 10.9. The van der Waals surface area contributed by atoms with Crippen molar-refractivity contribution in [2.75, 3.05) is 7.11 Å². The highest BCUT2D eigenvalue weighted by Crippen LogP contribution is 2.23. The zero-order valence-electron chi connectivity index (χ0n) is 16.9. The van der Waals surface area contributed by atoms with Crippen LogP contribution in [0.3, 0.4) is 0 Å². The van der Waals surface area contributed by atoms with E-state index in [1.807, 2.05) is 0 Å². The fourth-order valence-corrected chi connectivity index (χ4v) is 4.45. The first-order valence-electron chi connectivity index (χ1n) is 9.48. The molecule has 0 saturated heterocycles. The molecule has 0 aliphatic carbocycles. The monoisotopic (exact) mass is 441 g/mol. The van der Waals surface area contributed by atoms with Crippen molar-refractivity contribution in [1.29, 1.82) is 0 Å². The lowest BCUT2D eigenvalue weighted by Crippen LogP contribution is -2.30. The number of rotatable bonds is 9. The predicted octanol–water partition coefficient (Wildman–Crippen LogP) is 3.28. The normalized spacial score (nSPS) is 11.5. The number of carboxylic acids is 1. The number of methoxy groups -OCH3 is 1. The summed E-state index contributed by atoms with van der Waals surface area (Å²) in [4.78, 5) is 11.2. The van der Waals surface area contributed by atoms with Gasteiger partial charge in [-0.05, 0) is 53.1 Å². The average Bonchev–Trinajstić information content (AvgIpc) is 2.79. The van der Waals surface area contributed by atoms with E-state index in [1.165, 1.54) is 28.6 Å². The number of carbonyl (C=O) groups is 1. The summed E-state index contributed by atoms with van der Waals surface area (Å²) in [6.45, 7) is 0.0105. The van der Waals surface area contributed by atoms with E-state index in [4.69, 9.17) is 9.84 Å². The van der Waals surface area contributed by atoms with E-state index in [1.54, 1.807) is 55.6 Å². The van der Waals surface area contributed by atoms with Crippen molar-refractivity contribution in [2.24, 2.45) is 0 Å². The Kier molecular flexibility index (Phi) is 7.06. The first kappa shape index (κ1) is 22.5. The zero-order valence-corrected chi connectivity index (χ0v) is 17.7. The van der Waals surface area contributed by atoms with Crippen LogP contribution in [0.15, 0.2) is 77.7 Å². The minimum atomic E-state index is -3.86. The summed E-state index contributed by atoms with van der Waals surface area (Å²) >= 11 is 0. The van der Waals surface area contributed by atoms with Gasteiger partial charge in [0, 0.05) is 13.1 Å². The number of sulfonamides is 1. The van der Waals surface area contributed by atoms with Gasteiger partial charge in [0.2, 0.25) is 10.0 Å². The Labute approximate surface area is 181 Å². The van der Waals surface area contributed by atoms with Crippen molar-refractivity contribution < 1.29 is 28.2 Å². The molecule has 0 aromatic heterocycles. The molecular weight excluding hydrogens is 418 g/mol. The van der Waals surface area contributed by atoms with Gasteiger partial charge in [-0.2, -0.15) is 4.31 Å². The number of aromatic carboxylic acids is 1. The lowest BCUT2D eigenvalue weighted by Gasteiger charge is -2.23. The Morgan fingerprint density at radius 3 is 1.77 bits per heavy atom. The molecule has 3 aromatic carbocycles. The molecule has 0 saturated carbocycles. The number of nitrogens with zero attached hydrogens (tertiary/aromatic N) is 1.